The third kappa shape index (κ3) is 4.75. The maximum Gasteiger partial charge on any atom is 0.222 e. The molecule has 1 aliphatic heterocycles. The summed E-state index contributed by atoms with van der Waals surface area (Å²) in [5.41, 5.74) is 5.30. The number of aryl methyl sites for hydroxylation is 2. The van der Waals surface area contributed by atoms with Gasteiger partial charge in [-0.3, -0.25) is 4.79 Å². The van der Waals surface area contributed by atoms with Crippen LogP contribution in [0.15, 0.2) is 48.5 Å². The average molecular weight is 350 g/mol. The fraction of sp³-hybridized carbons (Fsp3) is 0.458. The van der Waals surface area contributed by atoms with E-state index in [1.807, 2.05) is 0 Å². The molecule has 2 heteroatoms. The summed E-state index contributed by atoms with van der Waals surface area (Å²) in [4.78, 5) is 14.8. The Balaban J connectivity index is 1.55. The van der Waals surface area contributed by atoms with Crippen LogP contribution < -0.4 is 0 Å². The van der Waals surface area contributed by atoms with Crippen LogP contribution in [0.2, 0.25) is 0 Å². The van der Waals surface area contributed by atoms with E-state index in [9.17, 15) is 4.79 Å². The Labute approximate surface area is 158 Å². The number of piperidine rings is 1. The Hall–Kier alpha value is -2.09. The fourth-order valence-electron chi connectivity index (χ4n) is 3.88. The summed E-state index contributed by atoms with van der Waals surface area (Å²) in [6.07, 6.45) is 3.74. The standard InChI is InChI=1S/C24H31NO/c1-18(2)21-12-9-20(10-13-21)11-14-24(26)25-15-5-8-23(17-25)22-7-4-6-19(3)16-22/h4,6-7,9-10,12-13,16,18,23H,5,8,11,14-15,17H2,1-3H3. The second-order valence-corrected chi connectivity index (χ2v) is 7.99. The molecule has 26 heavy (non-hydrogen) atoms. The molecule has 1 saturated heterocycles. The van der Waals surface area contributed by atoms with E-state index in [4.69, 9.17) is 0 Å². The van der Waals surface area contributed by atoms with Crippen LogP contribution in [0.4, 0.5) is 0 Å². The zero-order chi connectivity index (χ0) is 18.5. The van der Waals surface area contributed by atoms with Gasteiger partial charge in [-0.2, -0.15) is 0 Å². The smallest absolute Gasteiger partial charge is 0.222 e. The van der Waals surface area contributed by atoms with Crippen molar-refractivity contribution in [3.8, 4) is 0 Å². The lowest BCUT2D eigenvalue weighted by atomic mass is 9.89. The molecule has 0 bridgehead atoms. The molecule has 1 amide bonds. The van der Waals surface area contributed by atoms with Crippen molar-refractivity contribution in [1.82, 2.24) is 4.90 Å². The minimum atomic E-state index is 0.301. The van der Waals surface area contributed by atoms with Crippen molar-refractivity contribution >= 4 is 5.91 Å². The molecule has 2 aromatic rings. The van der Waals surface area contributed by atoms with E-state index in [0.717, 1.165) is 25.9 Å². The highest BCUT2D eigenvalue weighted by molar-refractivity contribution is 5.76. The van der Waals surface area contributed by atoms with Gasteiger partial charge in [0.05, 0.1) is 0 Å². The first-order valence-corrected chi connectivity index (χ1v) is 9.96. The van der Waals surface area contributed by atoms with Gasteiger partial charge in [0.1, 0.15) is 0 Å². The van der Waals surface area contributed by atoms with Gasteiger partial charge in [-0.1, -0.05) is 67.9 Å². The zero-order valence-electron chi connectivity index (χ0n) is 16.4. The van der Waals surface area contributed by atoms with Crippen LogP contribution in [0.3, 0.4) is 0 Å². The van der Waals surface area contributed by atoms with E-state index in [1.165, 1.54) is 28.7 Å². The number of likely N-dealkylation sites (tertiary alicyclic amines) is 1. The lowest BCUT2D eigenvalue weighted by molar-refractivity contribution is -0.132. The molecule has 0 radical (unpaired) electrons. The molecular formula is C24H31NO. The molecule has 1 heterocycles. The van der Waals surface area contributed by atoms with Gasteiger partial charge in [0.15, 0.2) is 0 Å². The Morgan fingerprint density at radius 2 is 1.92 bits per heavy atom. The van der Waals surface area contributed by atoms with Crippen LogP contribution in [0.5, 0.6) is 0 Å². The molecule has 0 spiro atoms. The summed E-state index contributed by atoms with van der Waals surface area (Å²) >= 11 is 0. The zero-order valence-corrected chi connectivity index (χ0v) is 16.4. The fourth-order valence-corrected chi connectivity index (χ4v) is 3.88. The number of hydrogen-bond acceptors (Lipinski definition) is 1. The van der Waals surface area contributed by atoms with Crippen molar-refractivity contribution in [2.45, 2.75) is 58.3 Å². The second-order valence-electron chi connectivity index (χ2n) is 7.99. The number of amides is 1. The SMILES string of the molecule is Cc1cccc(C2CCCN(C(=O)CCc3ccc(C(C)C)cc3)C2)c1. The normalized spacial score (nSPS) is 17.5. The van der Waals surface area contributed by atoms with Crippen molar-refractivity contribution in [2.75, 3.05) is 13.1 Å². The van der Waals surface area contributed by atoms with Gasteiger partial charge >= 0.3 is 0 Å². The minimum Gasteiger partial charge on any atom is -0.342 e. The third-order valence-corrected chi connectivity index (χ3v) is 5.56. The highest BCUT2D eigenvalue weighted by Crippen LogP contribution is 2.28. The van der Waals surface area contributed by atoms with Gasteiger partial charge in [-0.15, -0.1) is 0 Å². The number of benzene rings is 2. The predicted molar refractivity (Wildman–Crippen MR) is 109 cm³/mol. The number of nitrogens with zero attached hydrogens (tertiary/aromatic N) is 1. The quantitative estimate of drug-likeness (QED) is 0.702. The monoisotopic (exact) mass is 349 g/mol. The van der Waals surface area contributed by atoms with Crippen molar-refractivity contribution in [1.29, 1.82) is 0 Å². The third-order valence-electron chi connectivity index (χ3n) is 5.56. The van der Waals surface area contributed by atoms with E-state index in [-0.39, 0.29) is 0 Å². The summed E-state index contributed by atoms with van der Waals surface area (Å²) < 4.78 is 0. The molecule has 1 fully saturated rings. The Morgan fingerprint density at radius 1 is 1.15 bits per heavy atom. The van der Waals surface area contributed by atoms with Crippen LogP contribution in [0.25, 0.3) is 0 Å². The molecule has 2 aromatic carbocycles. The highest BCUT2D eigenvalue weighted by Gasteiger charge is 2.24. The van der Waals surface area contributed by atoms with E-state index in [1.54, 1.807) is 0 Å². The van der Waals surface area contributed by atoms with E-state index in [0.29, 0.717) is 24.2 Å². The first kappa shape index (κ1) is 18.7. The van der Waals surface area contributed by atoms with Crippen LogP contribution >= 0.6 is 0 Å². The molecule has 1 atom stereocenters. The molecule has 1 aliphatic rings. The summed E-state index contributed by atoms with van der Waals surface area (Å²) in [7, 11) is 0. The molecule has 0 aromatic heterocycles. The van der Waals surface area contributed by atoms with Gasteiger partial charge < -0.3 is 4.90 Å². The van der Waals surface area contributed by atoms with Crippen LogP contribution in [-0.2, 0) is 11.2 Å². The minimum absolute atomic E-state index is 0.301. The molecule has 0 saturated carbocycles. The van der Waals surface area contributed by atoms with Gasteiger partial charge in [0.2, 0.25) is 5.91 Å². The lowest BCUT2D eigenvalue weighted by Gasteiger charge is -2.33. The summed E-state index contributed by atoms with van der Waals surface area (Å²) in [5.74, 6) is 1.34. The number of carbonyl (C=O) groups excluding carboxylic acids is 1. The lowest BCUT2D eigenvalue weighted by Crippen LogP contribution is -2.39. The molecule has 0 aliphatic carbocycles. The van der Waals surface area contributed by atoms with Gasteiger partial charge in [-0.25, -0.2) is 0 Å². The maximum atomic E-state index is 12.7. The summed E-state index contributed by atoms with van der Waals surface area (Å²) in [6.45, 7) is 8.33. The van der Waals surface area contributed by atoms with Crippen molar-refractivity contribution in [3.63, 3.8) is 0 Å². The summed E-state index contributed by atoms with van der Waals surface area (Å²) in [6, 6.07) is 17.5. The number of hydrogen-bond donors (Lipinski definition) is 0. The van der Waals surface area contributed by atoms with Crippen LogP contribution in [-0.4, -0.2) is 23.9 Å². The van der Waals surface area contributed by atoms with Crippen molar-refractivity contribution in [3.05, 3.63) is 70.8 Å². The summed E-state index contributed by atoms with van der Waals surface area (Å²) in [5, 5.41) is 0. The van der Waals surface area contributed by atoms with E-state index < -0.39 is 0 Å². The van der Waals surface area contributed by atoms with Crippen molar-refractivity contribution < 1.29 is 4.79 Å². The van der Waals surface area contributed by atoms with Gasteiger partial charge in [0.25, 0.3) is 0 Å². The number of carbonyl (C=O) groups is 1. The molecule has 3 rings (SSSR count). The first-order chi connectivity index (χ1) is 12.5. The molecule has 2 nitrogen and oxygen atoms in total. The second kappa shape index (κ2) is 8.53. The van der Waals surface area contributed by atoms with Gasteiger partial charge in [-0.05, 0) is 48.8 Å². The van der Waals surface area contributed by atoms with Crippen LogP contribution in [0, 0.1) is 6.92 Å². The van der Waals surface area contributed by atoms with Gasteiger partial charge in [0, 0.05) is 25.4 Å². The predicted octanol–water partition coefficient (Wildman–Crippen LogP) is 5.46. The Bertz CT molecular complexity index is 732. The topological polar surface area (TPSA) is 20.3 Å². The Kier molecular flexibility index (Phi) is 6.13. The molecular weight excluding hydrogens is 318 g/mol. The van der Waals surface area contributed by atoms with E-state index >= 15 is 0 Å². The maximum absolute atomic E-state index is 12.7. The largest absolute Gasteiger partial charge is 0.342 e. The Morgan fingerprint density at radius 3 is 2.62 bits per heavy atom. The first-order valence-electron chi connectivity index (χ1n) is 9.96. The average Bonchev–Trinajstić information content (AvgIpc) is 2.66. The van der Waals surface area contributed by atoms with Crippen molar-refractivity contribution in [2.24, 2.45) is 0 Å². The molecule has 138 valence electrons. The van der Waals surface area contributed by atoms with E-state index in [2.05, 4.69) is 74.2 Å². The molecule has 1 unspecified atom stereocenters. The van der Waals surface area contributed by atoms with Crippen LogP contribution in [0.1, 0.15) is 67.2 Å². The molecule has 0 N–H and O–H groups in total. The highest BCUT2D eigenvalue weighted by atomic mass is 16.2. The number of rotatable bonds is 5.